The Morgan fingerprint density at radius 2 is 1.42 bits per heavy atom. The highest BCUT2D eigenvalue weighted by molar-refractivity contribution is 9.12. The Labute approximate surface area is 109 Å². The molecule has 0 N–H and O–H groups in total. The van der Waals surface area contributed by atoms with E-state index in [4.69, 9.17) is 0 Å². The second kappa shape index (κ2) is 3.65. The molecule has 0 radical (unpaired) electrons. The van der Waals surface area contributed by atoms with Crippen molar-refractivity contribution < 1.29 is 0 Å². The van der Waals surface area contributed by atoms with Crippen LogP contribution >= 0.6 is 75.1 Å². The van der Waals surface area contributed by atoms with Crippen LogP contribution in [0.5, 0.6) is 0 Å². The van der Waals surface area contributed by atoms with Gasteiger partial charge in [0.1, 0.15) is 0 Å². The molecular formula is C7H4Br4S. The summed E-state index contributed by atoms with van der Waals surface area (Å²) in [6.45, 7) is 0. The molecule has 1 aromatic heterocycles. The summed E-state index contributed by atoms with van der Waals surface area (Å²) < 4.78 is 2.49. The van der Waals surface area contributed by atoms with Crippen molar-refractivity contribution in [3.05, 3.63) is 18.7 Å². The normalized spacial score (nSPS) is 27.7. The molecule has 0 unspecified atom stereocenters. The van der Waals surface area contributed by atoms with E-state index in [9.17, 15) is 0 Å². The largest absolute Gasteiger partial charge is 0.121 e. The van der Waals surface area contributed by atoms with Crippen LogP contribution in [0.4, 0.5) is 0 Å². The van der Waals surface area contributed by atoms with Crippen LogP contribution in [-0.2, 0) is 0 Å². The van der Waals surface area contributed by atoms with E-state index in [1.54, 1.807) is 11.3 Å². The van der Waals surface area contributed by atoms with E-state index in [1.165, 1.54) is 18.7 Å². The molecule has 1 aromatic rings. The van der Waals surface area contributed by atoms with Crippen LogP contribution < -0.4 is 0 Å². The van der Waals surface area contributed by atoms with Crippen molar-refractivity contribution in [2.45, 2.75) is 16.1 Å². The first-order valence-electron chi connectivity index (χ1n) is 3.37. The van der Waals surface area contributed by atoms with Crippen LogP contribution in [0.3, 0.4) is 0 Å². The van der Waals surface area contributed by atoms with Gasteiger partial charge in [0, 0.05) is 9.65 Å². The quantitative estimate of drug-likeness (QED) is 0.465. The fourth-order valence-electron chi connectivity index (χ4n) is 1.40. The summed E-state index contributed by atoms with van der Waals surface area (Å²) in [5.74, 6) is 0. The van der Waals surface area contributed by atoms with Crippen molar-refractivity contribution in [1.29, 1.82) is 0 Å². The molecule has 2 atom stereocenters. The van der Waals surface area contributed by atoms with Crippen molar-refractivity contribution in [3.63, 3.8) is 0 Å². The number of hydrogen-bond acceptors (Lipinski definition) is 1. The molecule has 0 aromatic carbocycles. The van der Waals surface area contributed by atoms with Gasteiger partial charge in [-0.15, -0.1) is 11.3 Å². The summed E-state index contributed by atoms with van der Waals surface area (Å²) in [7, 11) is 0. The summed E-state index contributed by atoms with van der Waals surface area (Å²) in [6, 6.07) is 0. The predicted octanol–water partition coefficient (Wildman–Crippen LogP) is 5.55. The van der Waals surface area contributed by atoms with E-state index in [1.807, 2.05) is 0 Å². The maximum atomic E-state index is 3.67. The summed E-state index contributed by atoms with van der Waals surface area (Å²) in [5.41, 5.74) is 2.82. The SMILES string of the molecule is Brc1sc(Br)c2c1[C@H](Br)C[C@@H]2Br. The van der Waals surface area contributed by atoms with E-state index in [0.29, 0.717) is 9.65 Å². The number of halogens is 4. The molecule has 0 nitrogen and oxygen atoms in total. The van der Waals surface area contributed by atoms with Gasteiger partial charge in [-0.3, -0.25) is 0 Å². The molecule has 0 amide bonds. The molecule has 0 spiro atoms. The maximum Gasteiger partial charge on any atom is 0.0757 e. The van der Waals surface area contributed by atoms with Crippen molar-refractivity contribution in [2.24, 2.45) is 0 Å². The molecule has 0 bridgehead atoms. The molecule has 0 aliphatic heterocycles. The van der Waals surface area contributed by atoms with E-state index < -0.39 is 0 Å². The number of thiophene rings is 1. The maximum absolute atomic E-state index is 3.67. The van der Waals surface area contributed by atoms with Gasteiger partial charge in [0.05, 0.1) is 7.57 Å². The Balaban J connectivity index is 2.62. The lowest BCUT2D eigenvalue weighted by Crippen LogP contribution is -1.78. The highest BCUT2D eigenvalue weighted by atomic mass is 79.9. The van der Waals surface area contributed by atoms with Crippen LogP contribution in [0.2, 0.25) is 0 Å². The topological polar surface area (TPSA) is 0 Å². The first-order chi connectivity index (χ1) is 5.61. The average molecular weight is 440 g/mol. The van der Waals surface area contributed by atoms with Gasteiger partial charge in [-0.2, -0.15) is 0 Å². The first kappa shape index (κ1) is 10.1. The zero-order valence-corrected chi connectivity index (χ0v) is 12.9. The summed E-state index contributed by atoms with van der Waals surface area (Å²) >= 11 is 16.2. The van der Waals surface area contributed by atoms with Gasteiger partial charge in [-0.05, 0) is 49.4 Å². The minimum atomic E-state index is 0.494. The second-order valence-corrected chi connectivity index (χ2v) is 8.51. The Kier molecular flexibility index (Phi) is 3.08. The molecule has 2 rings (SSSR count). The summed E-state index contributed by atoms with van der Waals surface area (Å²) in [5, 5.41) is 0. The Morgan fingerprint density at radius 3 is 1.83 bits per heavy atom. The third kappa shape index (κ3) is 1.49. The lowest BCUT2D eigenvalue weighted by molar-refractivity contribution is 0.893. The Bertz CT molecular complexity index is 291. The molecule has 1 aliphatic carbocycles. The molecule has 0 saturated carbocycles. The molecule has 1 aliphatic rings. The van der Waals surface area contributed by atoms with E-state index in [0.717, 1.165) is 6.42 Å². The molecule has 66 valence electrons. The minimum absolute atomic E-state index is 0.494. The first-order valence-corrected chi connectivity index (χ1v) is 7.60. The van der Waals surface area contributed by atoms with Gasteiger partial charge in [0.15, 0.2) is 0 Å². The standard InChI is InChI=1S/C7H4Br4S/c8-2-1-3(9)5-4(2)6(10)12-7(5)11/h2-3H,1H2/t2-,3+. The molecule has 1 heterocycles. The van der Waals surface area contributed by atoms with Crippen LogP contribution in [-0.4, -0.2) is 0 Å². The predicted molar refractivity (Wildman–Crippen MR) is 67.7 cm³/mol. The molecular weight excluding hydrogens is 436 g/mol. The average Bonchev–Trinajstić information content (AvgIpc) is 2.38. The van der Waals surface area contributed by atoms with Crippen molar-refractivity contribution in [3.8, 4) is 0 Å². The number of fused-ring (bicyclic) bond motifs is 1. The van der Waals surface area contributed by atoms with E-state index in [-0.39, 0.29) is 0 Å². The van der Waals surface area contributed by atoms with E-state index in [2.05, 4.69) is 63.7 Å². The van der Waals surface area contributed by atoms with Crippen LogP contribution in [0, 0.1) is 0 Å². The van der Waals surface area contributed by atoms with Crippen molar-refractivity contribution in [1.82, 2.24) is 0 Å². The van der Waals surface area contributed by atoms with Gasteiger partial charge >= 0.3 is 0 Å². The summed E-state index contributed by atoms with van der Waals surface area (Å²) in [6.07, 6.45) is 1.13. The highest BCUT2D eigenvalue weighted by Gasteiger charge is 2.33. The third-order valence-corrected chi connectivity index (χ3v) is 6.22. The van der Waals surface area contributed by atoms with Gasteiger partial charge < -0.3 is 0 Å². The fraction of sp³-hybridized carbons (Fsp3) is 0.429. The molecule has 0 fully saturated rings. The number of hydrogen-bond donors (Lipinski definition) is 0. The second-order valence-electron chi connectivity index (χ2n) is 2.65. The van der Waals surface area contributed by atoms with Crippen molar-refractivity contribution in [2.75, 3.05) is 0 Å². The van der Waals surface area contributed by atoms with Crippen LogP contribution in [0.25, 0.3) is 0 Å². The monoisotopic (exact) mass is 436 g/mol. The zero-order valence-electron chi connectivity index (χ0n) is 5.78. The highest BCUT2D eigenvalue weighted by Crippen LogP contribution is 2.56. The zero-order chi connectivity index (χ0) is 8.88. The lowest BCUT2D eigenvalue weighted by Gasteiger charge is -1.99. The van der Waals surface area contributed by atoms with E-state index >= 15 is 0 Å². The molecule has 12 heavy (non-hydrogen) atoms. The van der Waals surface area contributed by atoms with Crippen molar-refractivity contribution >= 4 is 75.1 Å². The smallest absolute Gasteiger partial charge is 0.0757 e. The fourth-order valence-corrected chi connectivity index (χ4v) is 8.00. The summed E-state index contributed by atoms with van der Waals surface area (Å²) in [4.78, 5) is 0.989. The molecule has 0 saturated heterocycles. The Morgan fingerprint density at radius 1 is 1.00 bits per heavy atom. The lowest BCUT2D eigenvalue weighted by atomic mass is 10.2. The van der Waals surface area contributed by atoms with Crippen LogP contribution in [0.15, 0.2) is 7.57 Å². The van der Waals surface area contributed by atoms with Gasteiger partial charge in [0.2, 0.25) is 0 Å². The molecule has 5 heteroatoms. The number of rotatable bonds is 0. The van der Waals surface area contributed by atoms with Crippen LogP contribution in [0.1, 0.15) is 27.2 Å². The van der Waals surface area contributed by atoms with Gasteiger partial charge in [-0.1, -0.05) is 31.9 Å². The van der Waals surface area contributed by atoms with Gasteiger partial charge in [-0.25, -0.2) is 0 Å². The Hall–Kier alpha value is 1.62. The minimum Gasteiger partial charge on any atom is -0.121 e. The van der Waals surface area contributed by atoms with Gasteiger partial charge in [0.25, 0.3) is 0 Å². The number of alkyl halides is 2. The third-order valence-electron chi connectivity index (χ3n) is 1.93.